The highest BCUT2D eigenvalue weighted by Crippen LogP contribution is 2.27. The molecule has 0 radical (unpaired) electrons. The van der Waals surface area contributed by atoms with Crippen molar-refractivity contribution in [3.05, 3.63) is 30.1 Å². The Hall–Kier alpha value is -1.57. The van der Waals surface area contributed by atoms with Gasteiger partial charge in [-0.05, 0) is 31.5 Å². The number of ether oxygens (including phenoxy) is 2. The van der Waals surface area contributed by atoms with Gasteiger partial charge in [0.15, 0.2) is 11.0 Å². The highest BCUT2D eigenvalue weighted by Gasteiger charge is 2.19. The van der Waals surface area contributed by atoms with Gasteiger partial charge >= 0.3 is 0 Å². The Morgan fingerprint density at radius 1 is 1.43 bits per heavy atom. The van der Waals surface area contributed by atoms with Crippen LogP contribution in [0.15, 0.2) is 29.4 Å². The summed E-state index contributed by atoms with van der Waals surface area (Å²) in [5.41, 5.74) is 1.02. The summed E-state index contributed by atoms with van der Waals surface area (Å²) in [6, 6.07) is 7.98. The highest BCUT2D eigenvalue weighted by molar-refractivity contribution is 7.99. The van der Waals surface area contributed by atoms with Gasteiger partial charge in [-0.3, -0.25) is 4.57 Å². The van der Waals surface area contributed by atoms with Crippen molar-refractivity contribution in [1.29, 1.82) is 0 Å². The van der Waals surface area contributed by atoms with Crippen molar-refractivity contribution in [2.75, 3.05) is 33.1 Å². The van der Waals surface area contributed by atoms with E-state index in [1.807, 2.05) is 31.3 Å². The van der Waals surface area contributed by atoms with Crippen molar-refractivity contribution in [3.8, 4) is 11.4 Å². The van der Waals surface area contributed by atoms with Gasteiger partial charge in [-0.1, -0.05) is 17.8 Å². The van der Waals surface area contributed by atoms with Crippen LogP contribution in [0.5, 0.6) is 5.75 Å². The summed E-state index contributed by atoms with van der Waals surface area (Å²) in [6.07, 6.45) is 1.13. The van der Waals surface area contributed by atoms with E-state index in [0.717, 1.165) is 47.8 Å². The molecule has 1 N–H and O–H groups in total. The van der Waals surface area contributed by atoms with E-state index in [0.29, 0.717) is 12.5 Å². The molecule has 1 aliphatic heterocycles. The van der Waals surface area contributed by atoms with Gasteiger partial charge in [0.2, 0.25) is 0 Å². The van der Waals surface area contributed by atoms with Crippen molar-refractivity contribution in [1.82, 2.24) is 20.1 Å². The first kappa shape index (κ1) is 16.3. The van der Waals surface area contributed by atoms with Crippen LogP contribution < -0.4 is 10.1 Å². The minimum atomic E-state index is 0.600. The molecule has 6 nitrogen and oxygen atoms in total. The van der Waals surface area contributed by atoms with E-state index in [4.69, 9.17) is 9.47 Å². The van der Waals surface area contributed by atoms with Crippen molar-refractivity contribution in [2.24, 2.45) is 5.92 Å². The van der Waals surface area contributed by atoms with Gasteiger partial charge < -0.3 is 14.8 Å². The Balaban J connectivity index is 1.86. The summed E-state index contributed by atoms with van der Waals surface area (Å²) in [4.78, 5) is 0. The summed E-state index contributed by atoms with van der Waals surface area (Å²) >= 11 is 1.74. The first-order valence-electron chi connectivity index (χ1n) is 7.75. The molecule has 1 aliphatic rings. The van der Waals surface area contributed by atoms with E-state index >= 15 is 0 Å². The number of hydrogen-bond donors (Lipinski definition) is 1. The van der Waals surface area contributed by atoms with Crippen LogP contribution in [0.4, 0.5) is 0 Å². The summed E-state index contributed by atoms with van der Waals surface area (Å²) < 4.78 is 12.9. The number of thioether (sulfide) groups is 1. The Kier molecular flexibility index (Phi) is 5.53. The zero-order valence-corrected chi connectivity index (χ0v) is 14.3. The standard InChI is InChI=1S/C16H22N4O2S/c1-17-9-15-18-19-16(23-11-12-6-7-22-10-12)20(15)13-4-3-5-14(8-13)21-2/h3-5,8,12,17H,6-7,9-11H2,1-2H3/t12-/m0/s1. The number of rotatable bonds is 7. The number of methoxy groups -OCH3 is 1. The monoisotopic (exact) mass is 334 g/mol. The fraction of sp³-hybridized carbons (Fsp3) is 0.500. The maximum absolute atomic E-state index is 5.45. The van der Waals surface area contributed by atoms with E-state index in [2.05, 4.69) is 20.1 Å². The zero-order chi connectivity index (χ0) is 16.1. The molecule has 0 unspecified atom stereocenters. The molecule has 2 aromatic rings. The van der Waals surface area contributed by atoms with Crippen molar-refractivity contribution in [3.63, 3.8) is 0 Å². The molecule has 1 atom stereocenters. The Labute approximate surface area is 140 Å². The second kappa shape index (κ2) is 7.81. The molecule has 1 fully saturated rings. The molecular formula is C16H22N4O2S. The third-order valence-corrected chi connectivity index (χ3v) is 4.98. The van der Waals surface area contributed by atoms with Crippen LogP contribution in [0.1, 0.15) is 12.2 Å². The van der Waals surface area contributed by atoms with Crippen LogP contribution in [0, 0.1) is 5.92 Å². The van der Waals surface area contributed by atoms with Crippen LogP contribution >= 0.6 is 11.8 Å². The lowest BCUT2D eigenvalue weighted by atomic mass is 10.2. The summed E-state index contributed by atoms with van der Waals surface area (Å²) in [7, 11) is 3.59. The van der Waals surface area contributed by atoms with Crippen LogP contribution in [-0.2, 0) is 11.3 Å². The van der Waals surface area contributed by atoms with Crippen molar-refractivity contribution >= 4 is 11.8 Å². The molecule has 0 spiro atoms. The summed E-state index contributed by atoms with van der Waals surface area (Å²) in [5, 5.41) is 12.8. The lowest BCUT2D eigenvalue weighted by molar-refractivity contribution is 0.189. The first-order chi connectivity index (χ1) is 11.3. The maximum Gasteiger partial charge on any atom is 0.195 e. The van der Waals surface area contributed by atoms with E-state index in [-0.39, 0.29) is 0 Å². The lowest BCUT2D eigenvalue weighted by Crippen LogP contribution is -2.12. The van der Waals surface area contributed by atoms with Gasteiger partial charge in [-0.15, -0.1) is 10.2 Å². The van der Waals surface area contributed by atoms with E-state index in [9.17, 15) is 0 Å². The lowest BCUT2D eigenvalue weighted by Gasteiger charge is -2.12. The van der Waals surface area contributed by atoms with Crippen molar-refractivity contribution in [2.45, 2.75) is 18.1 Å². The minimum absolute atomic E-state index is 0.600. The normalized spacial score (nSPS) is 17.6. The Morgan fingerprint density at radius 2 is 2.35 bits per heavy atom. The predicted octanol–water partition coefficient (Wildman–Crippen LogP) is 2.12. The SMILES string of the molecule is CNCc1nnc(SC[C@H]2CCOC2)n1-c1cccc(OC)c1. The average molecular weight is 334 g/mol. The molecular weight excluding hydrogens is 312 g/mol. The quantitative estimate of drug-likeness (QED) is 0.783. The molecule has 1 aromatic heterocycles. The maximum atomic E-state index is 5.45. The zero-order valence-electron chi connectivity index (χ0n) is 13.5. The molecule has 2 heterocycles. The van der Waals surface area contributed by atoms with Crippen LogP contribution in [-0.4, -0.2) is 47.9 Å². The molecule has 1 saturated heterocycles. The van der Waals surface area contributed by atoms with E-state index < -0.39 is 0 Å². The molecule has 0 saturated carbocycles. The van der Waals surface area contributed by atoms with Gasteiger partial charge in [0.1, 0.15) is 5.75 Å². The highest BCUT2D eigenvalue weighted by atomic mass is 32.2. The second-order valence-corrected chi connectivity index (χ2v) is 6.49. The number of nitrogens with one attached hydrogen (secondary N) is 1. The number of benzene rings is 1. The third kappa shape index (κ3) is 3.85. The molecule has 124 valence electrons. The summed E-state index contributed by atoms with van der Waals surface area (Å²) in [5.74, 6) is 3.32. The molecule has 0 amide bonds. The number of aromatic nitrogens is 3. The first-order valence-corrected chi connectivity index (χ1v) is 8.74. The van der Waals surface area contributed by atoms with E-state index in [1.54, 1.807) is 18.9 Å². The Bertz CT molecular complexity index is 641. The third-order valence-electron chi connectivity index (χ3n) is 3.82. The topological polar surface area (TPSA) is 61.2 Å². The fourth-order valence-corrected chi connectivity index (χ4v) is 3.67. The second-order valence-electron chi connectivity index (χ2n) is 5.51. The van der Waals surface area contributed by atoms with Gasteiger partial charge in [-0.25, -0.2) is 0 Å². The molecule has 0 aliphatic carbocycles. The van der Waals surface area contributed by atoms with Crippen LogP contribution in [0.2, 0.25) is 0 Å². The van der Waals surface area contributed by atoms with Gasteiger partial charge in [0, 0.05) is 18.4 Å². The summed E-state index contributed by atoms with van der Waals surface area (Å²) in [6.45, 7) is 2.39. The van der Waals surface area contributed by atoms with Gasteiger partial charge in [0.25, 0.3) is 0 Å². The largest absolute Gasteiger partial charge is 0.497 e. The Morgan fingerprint density at radius 3 is 3.09 bits per heavy atom. The number of nitrogens with zero attached hydrogens (tertiary/aromatic N) is 3. The molecule has 3 rings (SSSR count). The van der Waals surface area contributed by atoms with Crippen LogP contribution in [0.25, 0.3) is 5.69 Å². The molecule has 1 aromatic carbocycles. The fourth-order valence-electron chi connectivity index (χ4n) is 2.58. The molecule has 23 heavy (non-hydrogen) atoms. The number of hydrogen-bond acceptors (Lipinski definition) is 6. The molecule has 7 heteroatoms. The van der Waals surface area contributed by atoms with Crippen molar-refractivity contribution < 1.29 is 9.47 Å². The van der Waals surface area contributed by atoms with Gasteiger partial charge in [0.05, 0.1) is 25.9 Å². The average Bonchev–Trinajstić information content (AvgIpc) is 3.23. The minimum Gasteiger partial charge on any atom is -0.497 e. The van der Waals surface area contributed by atoms with E-state index in [1.165, 1.54) is 0 Å². The smallest absolute Gasteiger partial charge is 0.195 e. The predicted molar refractivity (Wildman–Crippen MR) is 90.3 cm³/mol. The molecule has 0 bridgehead atoms. The van der Waals surface area contributed by atoms with Gasteiger partial charge in [-0.2, -0.15) is 0 Å². The van der Waals surface area contributed by atoms with Crippen LogP contribution in [0.3, 0.4) is 0 Å².